The molecule has 3 atom stereocenters. The predicted molar refractivity (Wildman–Crippen MR) is 115 cm³/mol. The number of anilines is 1. The van der Waals surface area contributed by atoms with Crippen molar-refractivity contribution in [1.29, 1.82) is 5.26 Å². The average Bonchev–Trinajstić information content (AvgIpc) is 3.33. The van der Waals surface area contributed by atoms with Crippen molar-refractivity contribution in [2.45, 2.75) is 77.3 Å². The first-order valence-electron chi connectivity index (χ1n) is 11.0. The zero-order chi connectivity index (χ0) is 21.7. The lowest BCUT2D eigenvalue weighted by Gasteiger charge is -2.38. The van der Waals surface area contributed by atoms with E-state index in [-0.39, 0.29) is 29.6 Å². The first-order chi connectivity index (χ1) is 14.1. The quantitative estimate of drug-likeness (QED) is 0.702. The van der Waals surface area contributed by atoms with Gasteiger partial charge in [-0.25, -0.2) is 0 Å². The number of ether oxygens (including phenoxy) is 1. The lowest BCUT2D eigenvalue weighted by molar-refractivity contribution is -0.789. The third-order valence-electron chi connectivity index (χ3n) is 7.02. The smallest absolute Gasteiger partial charge is 0.306 e. The molecule has 3 N–H and O–H groups in total. The number of fused-ring (bicyclic) bond motifs is 3. The number of amides is 1. The number of hydrogen-bond acceptors (Lipinski definition) is 5. The van der Waals surface area contributed by atoms with Crippen LogP contribution in [0.4, 0.5) is 5.00 Å². The van der Waals surface area contributed by atoms with Crippen LogP contribution in [0.15, 0.2) is 0 Å². The summed E-state index contributed by atoms with van der Waals surface area (Å²) in [6.07, 6.45) is 6.11. The molecule has 1 aliphatic heterocycles. The number of nitrogens with two attached hydrogens (primary N) is 1. The maximum atomic E-state index is 12.5. The van der Waals surface area contributed by atoms with Gasteiger partial charge in [-0.2, -0.15) is 5.26 Å². The van der Waals surface area contributed by atoms with Gasteiger partial charge in [0.2, 0.25) is 0 Å². The fourth-order valence-corrected chi connectivity index (χ4v) is 7.38. The Bertz CT molecular complexity index is 912. The summed E-state index contributed by atoms with van der Waals surface area (Å²) in [5.41, 5.74) is 1.40. The van der Waals surface area contributed by atoms with Crippen molar-refractivity contribution in [3.05, 3.63) is 16.0 Å². The first kappa shape index (κ1) is 21.3. The molecule has 2 heterocycles. The minimum absolute atomic E-state index is 0.0142. The number of carbonyl (C=O) groups excluding carboxylic acids is 2. The molecule has 2 saturated carbocycles. The van der Waals surface area contributed by atoms with Gasteiger partial charge in [-0.1, -0.05) is 6.42 Å². The largest absolute Gasteiger partial charge is 0.456 e. The SMILES string of the molecule is CC1(C)Cc2c(sc(NC(=O)COC(=O)C[C@H]3C[C@@H]4CC[C@@H]3C4)c2C#N)C(C)(C)[NH2+]1. The summed E-state index contributed by atoms with van der Waals surface area (Å²) in [5, 5.41) is 15.5. The summed E-state index contributed by atoms with van der Waals surface area (Å²) in [5.74, 6) is 1.21. The number of thiophene rings is 1. The van der Waals surface area contributed by atoms with Crippen molar-refractivity contribution in [2.24, 2.45) is 17.8 Å². The number of quaternary nitrogens is 1. The van der Waals surface area contributed by atoms with Gasteiger partial charge in [0.15, 0.2) is 6.61 Å². The van der Waals surface area contributed by atoms with E-state index in [0.717, 1.165) is 29.2 Å². The highest BCUT2D eigenvalue weighted by Crippen LogP contribution is 2.49. The normalized spacial score (nSPS) is 27.9. The molecule has 2 aliphatic carbocycles. The number of carbonyl (C=O) groups is 2. The molecule has 3 aliphatic rings. The molecule has 0 saturated heterocycles. The Balaban J connectivity index is 1.37. The highest BCUT2D eigenvalue weighted by molar-refractivity contribution is 7.16. The molecule has 4 rings (SSSR count). The van der Waals surface area contributed by atoms with Gasteiger partial charge in [0.05, 0.1) is 16.0 Å². The second-order valence-electron chi connectivity index (χ2n) is 10.6. The van der Waals surface area contributed by atoms with Gasteiger partial charge in [-0.3, -0.25) is 9.59 Å². The fourth-order valence-electron chi connectivity index (χ4n) is 6.12. The number of rotatable bonds is 5. The van der Waals surface area contributed by atoms with Crippen LogP contribution in [0.1, 0.15) is 75.8 Å². The van der Waals surface area contributed by atoms with Crippen LogP contribution in [0.2, 0.25) is 0 Å². The molecule has 0 radical (unpaired) electrons. The Labute approximate surface area is 182 Å². The molecule has 1 amide bonds. The van der Waals surface area contributed by atoms with Gasteiger partial charge in [-0.05, 0) is 70.3 Å². The Morgan fingerprint density at radius 2 is 2.03 bits per heavy atom. The van der Waals surface area contributed by atoms with E-state index < -0.39 is 0 Å². The van der Waals surface area contributed by atoms with Gasteiger partial charge >= 0.3 is 5.97 Å². The number of nitrogens with zero attached hydrogens (tertiary/aromatic N) is 1. The third kappa shape index (κ3) is 4.13. The van der Waals surface area contributed by atoms with Crippen molar-refractivity contribution in [2.75, 3.05) is 11.9 Å². The molecule has 1 aromatic heterocycles. The highest BCUT2D eigenvalue weighted by Gasteiger charge is 2.44. The summed E-state index contributed by atoms with van der Waals surface area (Å²) in [7, 11) is 0. The van der Waals surface area contributed by atoms with Gasteiger partial charge < -0.3 is 15.4 Å². The minimum atomic E-state index is -0.382. The van der Waals surface area contributed by atoms with E-state index in [0.29, 0.717) is 28.8 Å². The van der Waals surface area contributed by atoms with E-state index in [1.54, 1.807) is 0 Å². The van der Waals surface area contributed by atoms with Crippen LogP contribution >= 0.6 is 11.3 Å². The molecule has 7 heteroatoms. The van der Waals surface area contributed by atoms with E-state index in [2.05, 4.69) is 44.4 Å². The Hall–Kier alpha value is -1.91. The Morgan fingerprint density at radius 3 is 2.67 bits per heavy atom. The van der Waals surface area contributed by atoms with Crippen LogP contribution in [-0.4, -0.2) is 24.0 Å². The van der Waals surface area contributed by atoms with Gasteiger partial charge in [0, 0.05) is 12.8 Å². The molecular weight excluding hydrogens is 398 g/mol. The summed E-state index contributed by atoms with van der Waals surface area (Å²) in [6, 6.07) is 2.29. The number of hydrogen-bond donors (Lipinski definition) is 2. The maximum absolute atomic E-state index is 12.5. The van der Waals surface area contributed by atoms with Crippen LogP contribution in [0.5, 0.6) is 0 Å². The topological polar surface area (TPSA) is 95.8 Å². The number of nitriles is 1. The van der Waals surface area contributed by atoms with E-state index in [4.69, 9.17) is 4.74 Å². The van der Waals surface area contributed by atoms with Crippen LogP contribution in [-0.2, 0) is 26.3 Å². The highest BCUT2D eigenvalue weighted by atomic mass is 32.1. The Morgan fingerprint density at radius 1 is 1.27 bits per heavy atom. The fraction of sp³-hybridized carbons (Fsp3) is 0.696. The maximum Gasteiger partial charge on any atom is 0.306 e. The number of nitrogens with one attached hydrogen (secondary N) is 1. The minimum Gasteiger partial charge on any atom is -0.456 e. The third-order valence-corrected chi connectivity index (χ3v) is 8.51. The van der Waals surface area contributed by atoms with E-state index in [9.17, 15) is 14.9 Å². The molecule has 30 heavy (non-hydrogen) atoms. The lowest BCUT2D eigenvalue weighted by Crippen LogP contribution is -3.03. The van der Waals surface area contributed by atoms with Gasteiger partial charge in [0.1, 0.15) is 16.6 Å². The molecule has 2 fully saturated rings. The molecule has 162 valence electrons. The van der Waals surface area contributed by atoms with Crippen molar-refractivity contribution in [3.63, 3.8) is 0 Å². The molecule has 0 aromatic carbocycles. The predicted octanol–water partition coefficient (Wildman–Crippen LogP) is 3.06. The molecule has 6 nitrogen and oxygen atoms in total. The average molecular weight is 431 g/mol. The van der Waals surface area contributed by atoms with Gasteiger partial charge in [-0.15, -0.1) is 11.3 Å². The van der Waals surface area contributed by atoms with Crippen molar-refractivity contribution >= 4 is 28.2 Å². The van der Waals surface area contributed by atoms with Crippen molar-refractivity contribution < 1.29 is 19.6 Å². The summed E-state index contributed by atoms with van der Waals surface area (Å²) in [6.45, 7) is 8.34. The molecule has 0 spiro atoms. The van der Waals surface area contributed by atoms with E-state index in [1.165, 1.54) is 30.6 Å². The standard InChI is InChI=1S/C23H31N3O3S/c1-22(2)10-16-17(11-24)21(30-20(16)23(3,4)26-22)25-18(27)12-29-19(28)9-15-8-13-5-6-14(15)7-13/h13-15,26H,5-10,12H2,1-4H3,(H,25,27)/p+1/t13-,14-,15-/m1/s1. The zero-order valence-corrected chi connectivity index (χ0v) is 19.2. The first-order valence-corrected chi connectivity index (χ1v) is 11.8. The van der Waals surface area contributed by atoms with Crippen LogP contribution in [0, 0.1) is 29.1 Å². The van der Waals surface area contributed by atoms with E-state index >= 15 is 0 Å². The zero-order valence-electron chi connectivity index (χ0n) is 18.3. The van der Waals surface area contributed by atoms with Crippen LogP contribution in [0.3, 0.4) is 0 Å². The molecule has 1 aromatic rings. The monoisotopic (exact) mass is 430 g/mol. The van der Waals surface area contributed by atoms with E-state index in [1.807, 2.05) is 0 Å². The second-order valence-corrected chi connectivity index (χ2v) is 11.6. The lowest BCUT2D eigenvalue weighted by atomic mass is 9.81. The molecule has 2 bridgehead atoms. The summed E-state index contributed by atoms with van der Waals surface area (Å²) in [4.78, 5) is 25.8. The van der Waals surface area contributed by atoms with Crippen molar-refractivity contribution in [3.8, 4) is 6.07 Å². The van der Waals surface area contributed by atoms with Crippen molar-refractivity contribution in [1.82, 2.24) is 0 Å². The summed E-state index contributed by atoms with van der Waals surface area (Å²) >= 11 is 1.46. The Kier molecular flexibility index (Phi) is 5.44. The second kappa shape index (κ2) is 7.65. The molecule has 0 unspecified atom stereocenters. The molecular formula is C23H32N3O3S+. The number of esters is 1. The summed E-state index contributed by atoms with van der Waals surface area (Å²) < 4.78 is 5.26. The van der Waals surface area contributed by atoms with Crippen LogP contribution in [0.25, 0.3) is 0 Å². The van der Waals surface area contributed by atoms with Crippen LogP contribution < -0.4 is 10.6 Å². The van der Waals surface area contributed by atoms with Gasteiger partial charge in [0.25, 0.3) is 5.91 Å².